The quantitative estimate of drug-likeness (QED) is 0.247. The lowest BCUT2D eigenvalue weighted by Crippen LogP contribution is -2.59. The summed E-state index contributed by atoms with van der Waals surface area (Å²) in [6, 6.07) is 3.35. The molecule has 1 aliphatic heterocycles. The van der Waals surface area contributed by atoms with E-state index in [9.17, 15) is 9.59 Å². The van der Waals surface area contributed by atoms with Crippen LogP contribution in [-0.2, 0) is 16.1 Å². The number of rotatable bonds is 12. The lowest BCUT2D eigenvalue weighted by molar-refractivity contribution is -0.130. The van der Waals surface area contributed by atoms with Crippen molar-refractivity contribution in [2.75, 3.05) is 59.4 Å². The van der Waals surface area contributed by atoms with Crippen LogP contribution >= 0.6 is 23.2 Å². The van der Waals surface area contributed by atoms with Crippen molar-refractivity contribution in [1.82, 2.24) is 24.8 Å². The molecule has 0 radical (unpaired) electrons. The summed E-state index contributed by atoms with van der Waals surface area (Å²) in [5, 5.41) is 7.46. The zero-order valence-electron chi connectivity index (χ0n) is 21.9. The summed E-state index contributed by atoms with van der Waals surface area (Å²) in [7, 11) is 4.55. The second kappa shape index (κ2) is 12.6. The van der Waals surface area contributed by atoms with Crippen molar-refractivity contribution >= 4 is 46.1 Å². The average molecular weight is 577 g/mol. The topological polar surface area (TPSA) is 120 Å². The molecule has 1 fully saturated rings. The van der Waals surface area contributed by atoms with Gasteiger partial charge < -0.3 is 29.7 Å². The van der Waals surface area contributed by atoms with E-state index in [0.717, 1.165) is 0 Å². The molecule has 0 bridgehead atoms. The standard InChI is InChI=1S/C26H30Cl2N6O5/c1-5-20(35)33-13-16(14-33)29-6-8-34-24-15(12-31-26(32-24)30-7-9-37-2)10-17(25(34)36)21-22(27)18(38-3)11-19(39-4)23(21)28/h5,10-12,16,29H,1,6-9,13-14H2,2-4H3,(H,30,31,32). The van der Waals surface area contributed by atoms with Crippen LogP contribution in [0.5, 0.6) is 11.5 Å². The fourth-order valence-corrected chi connectivity index (χ4v) is 5.02. The molecule has 1 aliphatic rings. The normalized spacial score (nSPS) is 13.3. The van der Waals surface area contributed by atoms with Crippen LogP contribution in [0.1, 0.15) is 0 Å². The number of hydrogen-bond donors (Lipinski definition) is 2. The molecule has 0 unspecified atom stereocenters. The van der Waals surface area contributed by atoms with Crippen LogP contribution in [0.4, 0.5) is 5.95 Å². The van der Waals surface area contributed by atoms with Gasteiger partial charge in [0.05, 0.1) is 36.4 Å². The van der Waals surface area contributed by atoms with Crippen LogP contribution < -0.4 is 25.7 Å². The Morgan fingerprint density at radius 1 is 1.15 bits per heavy atom. The molecule has 2 N–H and O–H groups in total. The number of pyridine rings is 1. The molecule has 3 aromatic rings. The lowest BCUT2D eigenvalue weighted by atomic mass is 10.0. The number of nitrogens with one attached hydrogen (secondary N) is 2. The predicted molar refractivity (Wildman–Crippen MR) is 151 cm³/mol. The first-order valence-electron chi connectivity index (χ1n) is 12.2. The van der Waals surface area contributed by atoms with Gasteiger partial charge in [-0.05, 0) is 12.1 Å². The van der Waals surface area contributed by atoms with Gasteiger partial charge in [-0.3, -0.25) is 14.2 Å². The Labute approximate surface area is 235 Å². The van der Waals surface area contributed by atoms with E-state index in [0.29, 0.717) is 73.4 Å². The molecule has 0 saturated carbocycles. The molecule has 208 valence electrons. The third-order valence-corrected chi connectivity index (χ3v) is 7.15. The summed E-state index contributed by atoms with van der Waals surface area (Å²) in [6.07, 6.45) is 2.93. The summed E-state index contributed by atoms with van der Waals surface area (Å²) in [5.74, 6) is 0.900. The number of anilines is 1. The van der Waals surface area contributed by atoms with Crippen LogP contribution in [0, 0.1) is 0 Å². The molecule has 39 heavy (non-hydrogen) atoms. The van der Waals surface area contributed by atoms with E-state index in [-0.39, 0.29) is 33.1 Å². The zero-order valence-corrected chi connectivity index (χ0v) is 23.4. The number of benzene rings is 1. The Hall–Kier alpha value is -3.38. The Bertz CT molecular complexity index is 1410. The highest BCUT2D eigenvalue weighted by molar-refractivity contribution is 6.41. The molecule has 0 spiro atoms. The van der Waals surface area contributed by atoms with E-state index in [2.05, 4.69) is 27.2 Å². The molecular formula is C26H30Cl2N6O5. The smallest absolute Gasteiger partial charge is 0.260 e. The number of ether oxygens (including phenoxy) is 3. The number of carbonyl (C=O) groups excluding carboxylic acids is 1. The van der Waals surface area contributed by atoms with Crippen molar-refractivity contribution in [3.8, 4) is 22.6 Å². The number of methoxy groups -OCH3 is 3. The van der Waals surface area contributed by atoms with Gasteiger partial charge in [-0.15, -0.1) is 0 Å². The second-order valence-electron chi connectivity index (χ2n) is 8.79. The Kier molecular flexibility index (Phi) is 9.28. The third kappa shape index (κ3) is 5.96. The van der Waals surface area contributed by atoms with Crippen molar-refractivity contribution < 1.29 is 19.0 Å². The molecule has 0 aliphatic carbocycles. The predicted octanol–water partition coefficient (Wildman–Crippen LogP) is 2.83. The molecule has 3 heterocycles. The van der Waals surface area contributed by atoms with Gasteiger partial charge in [0.1, 0.15) is 17.1 Å². The number of fused-ring (bicyclic) bond motifs is 1. The van der Waals surface area contributed by atoms with Gasteiger partial charge in [0, 0.05) is 69.1 Å². The first kappa shape index (κ1) is 28.6. The molecule has 13 heteroatoms. The maximum atomic E-state index is 14.0. The molecule has 4 rings (SSSR count). The van der Waals surface area contributed by atoms with Gasteiger partial charge in [0.25, 0.3) is 5.56 Å². The van der Waals surface area contributed by atoms with E-state index < -0.39 is 0 Å². The Morgan fingerprint density at radius 3 is 2.46 bits per heavy atom. The summed E-state index contributed by atoms with van der Waals surface area (Å²) in [5.41, 5.74) is 0.648. The number of nitrogens with zero attached hydrogens (tertiary/aromatic N) is 4. The SMILES string of the molecule is C=CC(=O)N1CC(NCCn2c(=O)c(-c3c(Cl)c(OC)cc(OC)c3Cl)cc3cnc(NCCOC)nc32)C1. The van der Waals surface area contributed by atoms with Crippen LogP contribution in [0.2, 0.25) is 10.0 Å². The third-order valence-electron chi connectivity index (χ3n) is 6.40. The summed E-state index contributed by atoms with van der Waals surface area (Å²) in [4.78, 5) is 36.4. The first-order valence-corrected chi connectivity index (χ1v) is 13.0. The number of likely N-dealkylation sites (tertiary alicyclic amines) is 1. The van der Waals surface area contributed by atoms with Crippen molar-refractivity contribution in [1.29, 1.82) is 0 Å². The lowest BCUT2D eigenvalue weighted by Gasteiger charge is -2.39. The van der Waals surface area contributed by atoms with Crippen molar-refractivity contribution in [2.24, 2.45) is 0 Å². The molecule has 2 aromatic heterocycles. The highest BCUT2D eigenvalue weighted by Gasteiger charge is 2.29. The Balaban J connectivity index is 1.74. The number of aromatic nitrogens is 3. The second-order valence-corrected chi connectivity index (χ2v) is 9.55. The maximum absolute atomic E-state index is 14.0. The Morgan fingerprint density at radius 2 is 1.85 bits per heavy atom. The van der Waals surface area contributed by atoms with Crippen LogP contribution in [0.15, 0.2) is 35.8 Å². The van der Waals surface area contributed by atoms with Crippen molar-refractivity contribution in [2.45, 2.75) is 12.6 Å². The van der Waals surface area contributed by atoms with Crippen molar-refractivity contribution in [3.05, 3.63) is 51.4 Å². The van der Waals surface area contributed by atoms with Gasteiger partial charge in [-0.1, -0.05) is 29.8 Å². The molecule has 1 aromatic carbocycles. The number of hydrogen-bond acceptors (Lipinski definition) is 9. The van der Waals surface area contributed by atoms with Gasteiger partial charge in [-0.2, -0.15) is 4.98 Å². The molecule has 0 atom stereocenters. The minimum atomic E-state index is -0.345. The molecule has 1 saturated heterocycles. The fraction of sp³-hybridized carbons (Fsp3) is 0.385. The maximum Gasteiger partial charge on any atom is 0.260 e. The molecule has 11 nitrogen and oxygen atoms in total. The minimum absolute atomic E-state index is 0.101. The monoisotopic (exact) mass is 576 g/mol. The highest BCUT2D eigenvalue weighted by atomic mass is 35.5. The molecule has 1 amide bonds. The summed E-state index contributed by atoms with van der Waals surface area (Å²) < 4.78 is 17.4. The van der Waals surface area contributed by atoms with Crippen LogP contribution in [0.3, 0.4) is 0 Å². The van der Waals surface area contributed by atoms with Gasteiger partial charge in [0.15, 0.2) is 0 Å². The van der Waals surface area contributed by atoms with E-state index in [1.54, 1.807) is 34.9 Å². The summed E-state index contributed by atoms with van der Waals surface area (Å²) >= 11 is 13.3. The van der Waals surface area contributed by atoms with E-state index >= 15 is 0 Å². The van der Waals surface area contributed by atoms with Crippen LogP contribution in [-0.4, -0.2) is 85.5 Å². The van der Waals surface area contributed by atoms with E-state index in [1.807, 2.05) is 0 Å². The first-order chi connectivity index (χ1) is 18.8. The minimum Gasteiger partial charge on any atom is -0.495 e. The number of halogens is 2. The van der Waals surface area contributed by atoms with Crippen LogP contribution in [0.25, 0.3) is 22.2 Å². The van der Waals surface area contributed by atoms with E-state index in [1.165, 1.54) is 20.3 Å². The fourth-order valence-electron chi connectivity index (χ4n) is 4.31. The number of amides is 1. The summed E-state index contributed by atoms with van der Waals surface area (Å²) in [6.45, 7) is 6.39. The largest absolute Gasteiger partial charge is 0.495 e. The van der Waals surface area contributed by atoms with Gasteiger partial charge >= 0.3 is 0 Å². The van der Waals surface area contributed by atoms with Gasteiger partial charge in [0.2, 0.25) is 11.9 Å². The van der Waals surface area contributed by atoms with E-state index in [4.69, 9.17) is 37.4 Å². The molecular weight excluding hydrogens is 547 g/mol. The number of carbonyl (C=O) groups is 1. The zero-order chi connectivity index (χ0) is 28.1. The highest BCUT2D eigenvalue weighted by Crippen LogP contribution is 2.45. The van der Waals surface area contributed by atoms with Crippen molar-refractivity contribution in [3.63, 3.8) is 0 Å². The van der Waals surface area contributed by atoms with Gasteiger partial charge in [-0.25, -0.2) is 4.98 Å². The average Bonchev–Trinajstić information content (AvgIpc) is 2.91.